The van der Waals surface area contributed by atoms with E-state index in [0.29, 0.717) is 30.2 Å². The van der Waals surface area contributed by atoms with Crippen LogP contribution in [0.15, 0.2) is 30.5 Å². The van der Waals surface area contributed by atoms with Crippen molar-refractivity contribution in [1.29, 1.82) is 0 Å². The maximum Gasteiger partial charge on any atom is 0.217 e. The second kappa shape index (κ2) is 8.23. The minimum absolute atomic E-state index is 0.0246. The Kier molecular flexibility index (Phi) is 5.78. The van der Waals surface area contributed by atoms with Crippen LogP contribution >= 0.6 is 0 Å². The van der Waals surface area contributed by atoms with Crippen LogP contribution in [0.1, 0.15) is 42.9 Å². The number of nitrogens with zero attached hydrogens (tertiary/aromatic N) is 3. The van der Waals surface area contributed by atoms with E-state index < -0.39 is 0 Å². The average Bonchev–Trinajstić information content (AvgIpc) is 3.10. The molecule has 1 aliphatic rings. The fraction of sp³-hybridized carbons (Fsp3) is 0.421. The number of benzene rings is 1. The molecule has 3 rings (SSSR count). The van der Waals surface area contributed by atoms with Crippen molar-refractivity contribution in [2.75, 3.05) is 13.7 Å². The first-order chi connectivity index (χ1) is 12.6. The Labute approximate surface area is 152 Å². The predicted molar refractivity (Wildman–Crippen MR) is 94.9 cm³/mol. The SMILES string of the molecule is COc1cccc(F)c1CN1CCC[C@H]1c1nccc(CNC(C)=O)n1. The van der Waals surface area contributed by atoms with Crippen molar-refractivity contribution >= 4 is 5.91 Å². The van der Waals surface area contributed by atoms with Crippen molar-refractivity contribution in [2.45, 2.75) is 38.9 Å². The van der Waals surface area contributed by atoms with Crippen molar-refractivity contribution in [3.8, 4) is 5.75 Å². The van der Waals surface area contributed by atoms with Gasteiger partial charge in [-0.2, -0.15) is 0 Å². The van der Waals surface area contributed by atoms with Gasteiger partial charge < -0.3 is 10.1 Å². The highest BCUT2D eigenvalue weighted by molar-refractivity contribution is 5.72. The molecule has 1 aromatic carbocycles. The van der Waals surface area contributed by atoms with Crippen LogP contribution in [0, 0.1) is 5.82 Å². The van der Waals surface area contributed by atoms with Gasteiger partial charge in [-0.3, -0.25) is 9.69 Å². The van der Waals surface area contributed by atoms with E-state index in [1.807, 2.05) is 0 Å². The first kappa shape index (κ1) is 18.3. The number of halogens is 1. The van der Waals surface area contributed by atoms with Crippen LogP contribution in [0.4, 0.5) is 4.39 Å². The lowest BCUT2D eigenvalue weighted by atomic mass is 10.1. The normalized spacial score (nSPS) is 17.3. The summed E-state index contributed by atoms with van der Waals surface area (Å²) in [5.74, 6) is 0.895. The molecule has 7 heteroatoms. The number of carbonyl (C=O) groups is 1. The first-order valence-corrected chi connectivity index (χ1v) is 8.70. The van der Waals surface area contributed by atoms with Crippen LogP contribution in [0.2, 0.25) is 0 Å². The third-order valence-electron chi connectivity index (χ3n) is 4.57. The molecule has 1 saturated heterocycles. The topological polar surface area (TPSA) is 67.3 Å². The van der Waals surface area contributed by atoms with Gasteiger partial charge in [0, 0.05) is 25.2 Å². The molecule has 0 spiro atoms. The van der Waals surface area contributed by atoms with Gasteiger partial charge in [-0.1, -0.05) is 6.07 Å². The van der Waals surface area contributed by atoms with Crippen LogP contribution in [0.5, 0.6) is 5.75 Å². The van der Waals surface area contributed by atoms with E-state index in [4.69, 9.17) is 4.74 Å². The average molecular weight is 358 g/mol. The van der Waals surface area contributed by atoms with Gasteiger partial charge in [-0.05, 0) is 37.6 Å². The molecule has 0 radical (unpaired) electrons. The number of aromatic nitrogens is 2. The van der Waals surface area contributed by atoms with Crippen LogP contribution in [0.25, 0.3) is 0 Å². The van der Waals surface area contributed by atoms with Crippen LogP contribution in [-0.2, 0) is 17.9 Å². The second-order valence-corrected chi connectivity index (χ2v) is 6.37. The van der Waals surface area contributed by atoms with Gasteiger partial charge in [0.1, 0.15) is 17.4 Å². The van der Waals surface area contributed by atoms with Crippen molar-refractivity contribution in [3.05, 3.63) is 53.4 Å². The summed E-state index contributed by atoms with van der Waals surface area (Å²) in [5, 5.41) is 2.74. The monoisotopic (exact) mass is 358 g/mol. The fourth-order valence-corrected chi connectivity index (χ4v) is 3.28. The van der Waals surface area contributed by atoms with E-state index in [2.05, 4.69) is 20.2 Å². The third kappa shape index (κ3) is 4.16. The summed E-state index contributed by atoms with van der Waals surface area (Å²) >= 11 is 0. The lowest BCUT2D eigenvalue weighted by molar-refractivity contribution is -0.119. The molecule has 0 aliphatic carbocycles. The number of likely N-dealkylation sites (tertiary alicyclic amines) is 1. The Morgan fingerprint density at radius 1 is 1.42 bits per heavy atom. The molecular formula is C19H23FN4O2. The third-order valence-corrected chi connectivity index (χ3v) is 4.57. The number of amides is 1. The van der Waals surface area contributed by atoms with Gasteiger partial charge in [0.05, 0.1) is 25.4 Å². The van der Waals surface area contributed by atoms with Crippen LogP contribution in [0.3, 0.4) is 0 Å². The van der Waals surface area contributed by atoms with Gasteiger partial charge in [0.2, 0.25) is 5.91 Å². The molecule has 1 atom stereocenters. The highest BCUT2D eigenvalue weighted by atomic mass is 19.1. The quantitative estimate of drug-likeness (QED) is 0.860. The van der Waals surface area contributed by atoms with E-state index in [1.54, 1.807) is 31.5 Å². The molecule has 1 fully saturated rings. The van der Waals surface area contributed by atoms with Crippen molar-refractivity contribution < 1.29 is 13.9 Å². The van der Waals surface area contributed by atoms with E-state index >= 15 is 0 Å². The molecule has 1 amide bonds. The lowest BCUT2D eigenvalue weighted by Gasteiger charge is -2.24. The van der Waals surface area contributed by atoms with Crippen molar-refractivity contribution in [1.82, 2.24) is 20.2 Å². The Morgan fingerprint density at radius 3 is 3.04 bits per heavy atom. The molecule has 0 bridgehead atoms. The first-order valence-electron chi connectivity index (χ1n) is 8.70. The lowest BCUT2D eigenvalue weighted by Crippen LogP contribution is -2.26. The number of nitrogens with one attached hydrogen (secondary N) is 1. The fourth-order valence-electron chi connectivity index (χ4n) is 3.28. The van der Waals surface area contributed by atoms with E-state index in [9.17, 15) is 9.18 Å². The molecule has 138 valence electrons. The minimum Gasteiger partial charge on any atom is -0.496 e. The second-order valence-electron chi connectivity index (χ2n) is 6.37. The molecule has 0 unspecified atom stereocenters. The predicted octanol–water partition coefficient (Wildman–Crippen LogP) is 2.60. The number of carbonyl (C=O) groups excluding carboxylic acids is 1. The Hall–Kier alpha value is -2.54. The molecule has 1 N–H and O–H groups in total. The van der Waals surface area contributed by atoms with Crippen molar-refractivity contribution in [3.63, 3.8) is 0 Å². The zero-order valence-corrected chi connectivity index (χ0v) is 15.0. The van der Waals surface area contributed by atoms with Gasteiger partial charge in [0.25, 0.3) is 0 Å². The number of methoxy groups -OCH3 is 1. The molecule has 2 aromatic rings. The van der Waals surface area contributed by atoms with Crippen LogP contribution in [-0.4, -0.2) is 34.4 Å². The molecule has 6 nitrogen and oxygen atoms in total. The molecule has 2 heterocycles. The largest absolute Gasteiger partial charge is 0.496 e. The molecule has 0 saturated carbocycles. The van der Waals surface area contributed by atoms with Gasteiger partial charge in [-0.25, -0.2) is 14.4 Å². The molecule has 26 heavy (non-hydrogen) atoms. The summed E-state index contributed by atoms with van der Waals surface area (Å²) in [6.45, 7) is 3.14. The highest BCUT2D eigenvalue weighted by Crippen LogP contribution is 2.33. The molecular weight excluding hydrogens is 335 g/mol. The summed E-state index contributed by atoms with van der Waals surface area (Å²) in [6.07, 6.45) is 3.63. The smallest absolute Gasteiger partial charge is 0.217 e. The molecule has 1 aromatic heterocycles. The number of hydrogen-bond acceptors (Lipinski definition) is 5. The summed E-state index contributed by atoms with van der Waals surface area (Å²) < 4.78 is 19.6. The zero-order valence-electron chi connectivity index (χ0n) is 15.0. The van der Waals surface area contributed by atoms with Gasteiger partial charge >= 0.3 is 0 Å². The number of ether oxygens (including phenoxy) is 1. The molecule has 1 aliphatic heterocycles. The summed E-state index contributed by atoms with van der Waals surface area (Å²) in [7, 11) is 1.55. The number of rotatable bonds is 6. The maximum absolute atomic E-state index is 14.3. The Morgan fingerprint density at radius 2 is 2.27 bits per heavy atom. The van der Waals surface area contributed by atoms with Gasteiger partial charge in [0.15, 0.2) is 0 Å². The summed E-state index contributed by atoms with van der Waals surface area (Å²) in [5.41, 5.74) is 1.32. The minimum atomic E-state index is -0.268. The Bertz CT molecular complexity index is 784. The highest BCUT2D eigenvalue weighted by Gasteiger charge is 2.29. The summed E-state index contributed by atoms with van der Waals surface area (Å²) in [4.78, 5) is 22.3. The van der Waals surface area contributed by atoms with E-state index in [-0.39, 0.29) is 17.8 Å². The van der Waals surface area contributed by atoms with Crippen LogP contribution < -0.4 is 10.1 Å². The van der Waals surface area contributed by atoms with Gasteiger partial charge in [-0.15, -0.1) is 0 Å². The maximum atomic E-state index is 14.3. The van der Waals surface area contributed by atoms with Crippen molar-refractivity contribution in [2.24, 2.45) is 0 Å². The standard InChI is InChI=1S/C19H23FN4O2/c1-13(25)22-11-14-8-9-21-19(23-14)17-6-4-10-24(17)12-15-16(20)5-3-7-18(15)26-2/h3,5,7-9,17H,4,6,10-12H2,1-2H3,(H,22,25)/t17-/m0/s1. The zero-order chi connectivity index (χ0) is 18.5. The summed E-state index contributed by atoms with van der Waals surface area (Å²) in [6, 6.07) is 6.69. The Balaban J connectivity index is 1.79. The van der Waals surface area contributed by atoms with E-state index in [1.165, 1.54) is 13.0 Å². The van der Waals surface area contributed by atoms with E-state index in [0.717, 1.165) is 25.1 Å². The number of hydrogen-bond donors (Lipinski definition) is 1.